The van der Waals surface area contributed by atoms with Crippen LogP contribution < -0.4 is 0 Å². The number of rotatable bonds is 5. The van der Waals surface area contributed by atoms with Crippen LogP contribution in [0.15, 0.2) is 18.2 Å². The molecule has 1 heterocycles. The van der Waals surface area contributed by atoms with Crippen molar-refractivity contribution < 1.29 is 18.3 Å². The van der Waals surface area contributed by atoms with E-state index in [-0.39, 0.29) is 6.54 Å². The van der Waals surface area contributed by atoms with Gasteiger partial charge < -0.3 is 5.11 Å². The molecule has 1 aromatic heterocycles. The van der Waals surface area contributed by atoms with Crippen molar-refractivity contribution in [2.24, 2.45) is 0 Å². The lowest BCUT2D eigenvalue weighted by molar-refractivity contribution is -0.134. The maximum absolute atomic E-state index is 11.5. The summed E-state index contributed by atoms with van der Waals surface area (Å²) in [6.45, 7) is 1.87. The second-order valence-corrected chi connectivity index (χ2v) is 5.75. The number of carboxylic acid groups (broad SMARTS) is 1. The van der Waals surface area contributed by atoms with Crippen molar-refractivity contribution >= 4 is 16.0 Å². The first-order valence-corrected chi connectivity index (χ1v) is 6.50. The van der Waals surface area contributed by atoms with Crippen molar-refractivity contribution in [1.82, 2.24) is 9.29 Å². The summed E-state index contributed by atoms with van der Waals surface area (Å²) in [5, 5.41) is 8.49. The third kappa shape index (κ3) is 4.12. The number of sulfonamides is 1. The molecule has 0 fully saturated rings. The number of aliphatic carboxylic acids is 1. The molecule has 7 heteroatoms. The molecule has 94 valence electrons. The molecule has 1 rings (SSSR count). The van der Waals surface area contributed by atoms with E-state index in [2.05, 4.69) is 4.98 Å². The summed E-state index contributed by atoms with van der Waals surface area (Å²) in [4.78, 5) is 14.6. The van der Waals surface area contributed by atoms with E-state index in [0.717, 1.165) is 10.00 Å². The highest BCUT2D eigenvalue weighted by Gasteiger charge is 2.21. The Hall–Kier alpha value is -1.47. The van der Waals surface area contributed by atoms with Crippen molar-refractivity contribution in [2.75, 3.05) is 12.8 Å². The van der Waals surface area contributed by atoms with Crippen LogP contribution in [-0.4, -0.2) is 41.6 Å². The van der Waals surface area contributed by atoms with E-state index >= 15 is 0 Å². The third-order valence-electron chi connectivity index (χ3n) is 2.11. The summed E-state index contributed by atoms with van der Waals surface area (Å²) in [7, 11) is -2.44. The van der Waals surface area contributed by atoms with Crippen LogP contribution in [0.5, 0.6) is 0 Å². The number of hydrogen-bond donors (Lipinski definition) is 1. The lowest BCUT2D eigenvalue weighted by Gasteiger charge is -2.15. The Bertz CT molecular complexity index is 513. The molecule has 0 spiro atoms. The topological polar surface area (TPSA) is 87.6 Å². The predicted molar refractivity (Wildman–Crippen MR) is 61.9 cm³/mol. The first kappa shape index (κ1) is 13.6. The number of nitrogens with zero attached hydrogens (tertiary/aromatic N) is 2. The van der Waals surface area contributed by atoms with Gasteiger partial charge in [-0.3, -0.25) is 9.78 Å². The Balaban J connectivity index is 2.79. The zero-order valence-electron chi connectivity index (χ0n) is 9.62. The SMILES string of the molecule is Cc1cccc(CN(C)S(=O)(=O)CC(=O)O)n1. The van der Waals surface area contributed by atoms with Gasteiger partial charge in [-0.2, -0.15) is 4.31 Å². The Morgan fingerprint density at radius 3 is 2.65 bits per heavy atom. The molecule has 0 unspecified atom stereocenters. The van der Waals surface area contributed by atoms with Crippen molar-refractivity contribution in [2.45, 2.75) is 13.5 Å². The summed E-state index contributed by atoms with van der Waals surface area (Å²) in [6, 6.07) is 5.27. The van der Waals surface area contributed by atoms with Gasteiger partial charge in [-0.15, -0.1) is 0 Å². The highest BCUT2D eigenvalue weighted by atomic mass is 32.2. The van der Waals surface area contributed by atoms with Gasteiger partial charge in [0.1, 0.15) is 0 Å². The fraction of sp³-hybridized carbons (Fsp3) is 0.400. The molecule has 0 radical (unpaired) electrons. The molecule has 0 bridgehead atoms. The quantitative estimate of drug-likeness (QED) is 0.817. The highest BCUT2D eigenvalue weighted by Crippen LogP contribution is 2.06. The van der Waals surface area contributed by atoms with Crippen molar-refractivity contribution in [3.8, 4) is 0 Å². The van der Waals surface area contributed by atoms with Crippen molar-refractivity contribution in [1.29, 1.82) is 0 Å². The Kier molecular flexibility index (Phi) is 4.19. The predicted octanol–water partition coefficient (Wildman–Crippen LogP) is 0.236. The van der Waals surface area contributed by atoms with E-state index in [4.69, 9.17) is 5.11 Å². The van der Waals surface area contributed by atoms with Crippen LogP contribution in [0.4, 0.5) is 0 Å². The van der Waals surface area contributed by atoms with Crippen LogP contribution in [0.3, 0.4) is 0 Å². The molecule has 6 nitrogen and oxygen atoms in total. The summed E-state index contributed by atoms with van der Waals surface area (Å²) in [5.41, 5.74) is 1.37. The maximum atomic E-state index is 11.5. The standard InChI is InChI=1S/C10H14N2O4S/c1-8-4-3-5-9(11-8)6-12(2)17(15,16)7-10(13)14/h3-5H,6-7H2,1-2H3,(H,13,14). The van der Waals surface area contributed by atoms with Gasteiger partial charge in [-0.1, -0.05) is 6.07 Å². The zero-order chi connectivity index (χ0) is 13.1. The number of aromatic nitrogens is 1. The third-order valence-corrected chi connectivity index (χ3v) is 3.80. The van der Waals surface area contributed by atoms with E-state index in [9.17, 15) is 13.2 Å². The lowest BCUT2D eigenvalue weighted by Crippen LogP contribution is -2.32. The summed E-state index contributed by atoms with van der Waals surface area (Å²) in [5.74, 6) is -2.27. The molecule has 17 heavy (non-hydrogen) atoms. The van der Waals surface area contributed by atoms with E-state index in [1.807, 2.05) is 0 Å². The van der Waals surface area contributed by atoms with E-state index in [1.165, 1.54) is 7.05 Å². The number of aryl methyl sites for hydroxylation is 1. The van der Waals surface area contributed by atoms with Crippen molar-refractivity contribution in [3.05, 3.63) is 29.6 Å². The molecule has 1 N–H and O–H groups in total. The molecule has 1 aromatic rings. The van der Waals surface area contributed by atoms with Gasteiger partial charge in [-0.05, 0) is 19.1 Å². The average molecular weight is 258 g/mol. The molecule has 0 saturated heterocycles. The molecule has 0 atom stereocenters. The maximum Gasteiger partial charge on any atom is 0.320 e. The largest absolute Gasteiger partial charge is 0.480 e. The molecular weight excluding hydrogens is 244 g/mol. The van der Waals surface area contributed by atoms with Gasteiger partial charge in [0.25, 0.3) is 0 Å². The highest BCUT2D eigenvalue weighted by molar-refractivity contribution is 7.89. The van der Waals surface area contributed by atoms with Crippen LogP contribution in [0, 0.1) is 6.92 Å². The van der Waals surface area contributed by atoms with E-state index in [0.29, 0.717) is 5.69 Å². The van der Waals surface area contributed by atoms with Crippen molar-refractivity contribution in [3.63, 3.8) is 0 Å². The number of carboxylic acids is 1. The monoisotopic (exact) mass is 258 g/mol. The second-order valence-electron chi connectivity index (χ2n) is 3.68. The second kappa shape index (κ2) is 5.24. The van der Waals surface area contributed by atoms with Gasteiger partial charge >= 0.3 is 5.97 Å². The number of carbonyl (C=O) groups is 1. The first-order valence-electron chi connectivity index (χ1n) is 4.89. The smallest absolute Gasteiger partial charge is 0.320 e. The molecular formula is C10H14N2O4S. The van der Waals surface area contributed by atoms with E-state index < -0.39 is 21.7 Å². The van der Waals surface area contributed by atoms with Crippen LogP contribution in [0.1, 0.15) is 11.4 Å². The zero-order valence-corrected chi connectivity index (χ0v) is 10.4. The minimum Gasteiger partial charge on any atom is -0.480 e. The summed E-state index contributed by atoms with van der Waals surface area (Å²) >= 11 is 0. The lowest BCUT2D eigenvalue weighted by atomic mass is 10.3. The number of pyridine rings is 1. The van der Waals surface area contributed by atoms with Gasteiger partial charge in [-0.25, -0.2) is 8.42 Å². The van der Waals surface area contributed by atoms with Crippen LogP contribution in [0.25, 0.3) is 0 Å². The summed E-state index contributed by atoms with van der Waals surface area (Å²) < 4.78 is 24.1. The van der Waals surface area contributed by atoms with Crippen LogP contribution in [0.2, 0.25) is 0 Å². The normalized spacial score (nSPS) is 11.7. The molecule has 0 aliphatic carbocycles. The van der Waals surface area contributed by atoms with Gasteiger partial charge in [0.15, 0.2) is 5.75 Å². The van der Waals surface area contributed by atoms with Gasteiger partial charge in [0.05, 0.1) is 12.2 Å². The first-order chi connectivity index (χ1) is 7.81. The van der Waals surface area contributed by atoms with Gasteiger partial charge in [0, 0.05) is 12.7 Å². The van der Waals surface area contributed by atoms with Gasteiger partial charge in [0.2, 0.25) is 10.0 Å². The Labute approximate surface area is 100.0 Å². The van der Waals surface area contributed by atoms with Crippen LogP contribution >= 0.6 is 0 Å². The Morgan fingerprint density at radius 2 is 2.12 bits per heavy atom. The average Bonchev–Trinajstić information content (AvgIpc) is 2.15. The molecule has 0 aliphatic rings. The fourth-order valence-corrected chi connectivity index (χ4v) is 2.14. The molecule has 0 aliphatic heterocycles. The van der Waals surface area contributed by atoms with Crippen LogP contribution in [-0.2, 0) is 21.4 Å². The number of hydrogen-bond acceptors (Lipinski definition) is 4. The minimum atomic E-state index is -3.78. The molecule has 0 amide bonds. The minimum absolute atomic E-state index is 0.0668. The van der Waals surface area contributed by atoms with E-state index in [1.54, 1.807) is 25.1 Å². The summed E-state index contributed by atoms with van der Waals surface area (Å²) in [6.07, 6.45) is 0. The fourth-order valence-electron chi connectivity index (χ4n) is 1.28. The molecule has 0 saturated carbocycles. The Morgan fingerprint density at radius 1 is 1.47 bits per heavy atom. The molecule has 0 aromatic carbocycles.